The number of unbranched alkanes of at least 4 members (excludes halogenated alkanes) is 28. The van der Waals surface area contributed by atoms with Crippen molar-refractivity contribution in [3.63, 3.8) is 0 Å². The molecule has 0 radical (unpaired) electrons. The molecular formula is C40H78O4. The van der Waals surface area contributed by atoms with E-state index in [1.165, 1.54) is 154 Å². The summed E-state index contributed by atoms with van der Waals surface area (Å²) in [6.45, 7) is 4.55. The minimum atomic E-state index is -0.707. The Morgan fingerprint density at radius 2 is 0.682 bits per heavy atom. The van der Waals surface area contributed by atoms with Gasteiger partial charge in [-0.3, -0.25) is 9.59 Å². The first-order valence-electron chi connectivity index (χ1n) is 20.0. The highest BCUT2D eigenvalue weighted by Crippen LogP contribution is 2.19. The number of esters is 1. The van der Waals surface area contributed by atoms with Crippen molar-refractivity contribution < 1.29 is 19.4 Å². The number of carboxylic acids is 1. The molecular weight excluding hydrogens is 544 g/mol. The molecule has 0 bridgehead atoms. The first-order chi connectivity index (χ1) is 21.6. The quantitative estimate of drug-likeness (QED) is 0.0553. The Kier molecular flexibility index (Phi) is 35.5. The molecule has 0 aliphatic carbocycles. The van der Waals surface area contributed by atoms with Crippen LogP contribution in [0.5, 0.6) is 0 Å². The maximum absolute atomic E-state index is 12.6. The Bertz CT molecular complexity index is 590. The lowest BCUT2D eigenvalue weighted by Gasteiger charge is -2.18. The van der Waals surface area contributed by atoms with Gasteiger partial charge < -0.3 is 9.84 Å². The molecule has 0 aromatic rings. The fourth-order valence-electron chi connectivity index (χ4n) is 6.36. The molecule has 0 heterocycles. The summed E-state index contributed by atoms with van der Waals surface area (Å²) in [7, 11) is 0. The van der Waals surface area contributed by atoms with E-state index in [4.69, 9.17) is 9.84 Å². The molecule has 0 aromatic heterocycles. The number of hydrogen-bond acceptors (Lipinski definition) is 3. The van der Waals surface area contributed by atoms with Gasteiger partial charge in [-0.05, 0) is 38.5 Å². The molecule has 0 saturated heterocycles. The average molecular weight is 623 g/mol. The van der Waals surface area contributed by atoms with Crippen molar-refractivity contribution in [2.24, 2.45) is 0 Å². The standard InChI is InChI=1S/C40H78O4/c1-3-5-7-9-11-13-14-15-16-17-18-19-20-21-22-23-25-27-33-37-40(43)44-38(35-31-28-29-32-36-39(41)42)34-30-26-24-12-10-8-6-4-2/h38H,3-37H2,1-2H3,(H,41,42). The lowest BCUT2D eigenvalue weighted by Crippen LogP contribution is -2.18. The number of aliphatic carboxylic acids is 1. The van der Waals surface area contributed by atoms with E-state index >= 15 is 0 Å². The van der Waals surface area contributed by atoms with Gasteiger partial charge in [-0.2, -0.15) is 0 Å². The molecule has 0 aromatic carbocycles. The molecule has 0 rings (SSSR count). The monoisotopic (exact) mass is 623 g/mol. The highest BCUT2D eigenvalue weighted by Gasteiger charge is 2.14. The van der Waals surface area contributed by atoms with Crippen LogP contribution in [-0.2, 0) is 14.3 Å². The molecule has 0 aliphatic rings. The summed E-state index contributed by atoms with van der Waals surface area (Å²) in [6.07, 6.45) is 42.7. The number of carbonyl (C=O) groups excluding carboxylic acids is 1. The Balaban J connectivity index is 3.78. The zero-order valence-corrected chi connectivity index (χ0v) is 30.0. The normalized spacial score (nSPS) is 12.0. The SMILES string of the molecule is CCCCCCCCCCCCCCCCCCCCCC(=O)OC(CCCCCCCCCC)CCCCCCC(=O)O. The van der Waals surface area contributed by atoms with Crippen LogP contribution in [0.4, 0.5) is 0 Å². The van der Waals surface area contributed by atoms with Crippen molar-refractivity contribution >= 4 is 11.9 Å². The van der Waals surface area contributed by atoms with Crippen LogP contribution < -0.4 is 0 Å². The van der Waals surface area contributed by atoms with E-state index in [9.17, 15) is 9.59 Å². The smallest absolute Gasteiger partial charge is 0.306 e. The summed E-state index contributed by atoms with van der Waals surface area (Å²) in [5.41, 5.74) is 0. The molecule has 4 heteroatoms. The third kappa shape index (κ3) is 35.4. The van der Waals surface area contributed by atoms with Crippen LogP contribution in [0.15, 0.2) is 0 Å². The van der Waals surface area contributed by atoms with Crippen molar-refractivity contribution in [3.05, 3.63) is 0 Å². The number of hydrogen-bond donors (Lipinski definition) is 1. The maximum atomic E-state index is 12.6. The molecule has 0 spiro atoms. The van der Waals surface area contributed by atoms with Gasteiger partial charge >= 0.3 is 11.9 Å². The Morgan fingerprint density at radius 3 is 1.00 bits per heavy atom. The molecule has 0 aliphatic heterocycles. The molecule has 44 heavy (non-hydrogen) atoms. The predicted molar refractivity (Wildman–Crippen MR) is 190 cm³/mol. The minimum absolute atomic E-state index is 0.00702. The fourth-order valence-corrected chi connectivity index (χ4v) is 6.36. The largest absolute Gasteiger partial charge is 0.481 e. The second kappa shape index (κ2) is 36.4. The van der Waals surface area contributed by atoms with E-state index in [0.29, 0.717) is 6.42 Å². The third-order valence-electron chi connectivity index (χ3n) is 9.33. The summed E-state index contributed by atoms with van der Waals surface area (Å²) in [6, 6.07) is 0. The van der Waals surface area contributed by atoms with E-state index in [1.807, 2.05) is 0 Å². The molecule has 1 unspecified atom stereocenters. The third-order valence-corrected chi connectivity index (χ3v) is 9.33. The summed E-state index contributed by atoms with van der Waals surface area (Å²) < 4.78 is 5.96. The highest BCUT2D eigenvalue weighted by molar-refractivity contribution is 5.69. The van der Waals surface area contributed by atoms with Gasteiger partial charge in [0.2, 0.25) is 0 Å². The molecule has 262 valence electrons. The van der Waals surface area contributed by atoms with Gasteiger partial charge in [0.1, 0.15) is 6.10 Å². The van der Waals surface area contributed by atoms with Gasteiger partial charge in [-0.25, -0.2) is 0 Å². The first-order valence-corrected chi connectivity index (χ1v) is 20.0. The topological polar surface area (TPSA) is 63.6 Å². The lowest BCUT2D eigenvalue weighted by atomic mass is 10.0. The summed E-state index contributed by atoms with van der Waals surface area (Å²) in [4.78, 5) is 23.3. The average Bonchev–Trinajstić information content (AvgIpc) is 3.01. The van der Waals surface area contributed by atoms with Gasteiger partial charge in [0.15, 0.2) is 0 Å². The second-order valence-corrected chi connectivity index (χ2v) is 13.8. The van der Waals surface area contributed by atoms with E-state index in [1.54, 1.807) is 0 Å². The molecule has 0 saturated carbocycles. The fraction of sp³-hybridized carbons (Fsp3) is 0.950. The zero-order valence-electron chi connectivity index (χ0n) is 30.0. The van der Waals surface area contributed by atoms with Crippen LogP contribution in [0.3, 0.4) is 0 Å². The van der Waals surface area contributed by atoms with Crippen LogP contribution in [0.25, 0.3) is 0 Å². The number of ether oxygens (including phenoxy) is 1. The van der Waals surface area contributed by atoms with E-state index < -0.39 is 5.97 Å². The van der Waals surface area contributed by atoms with Crippen LogP contribution >= 0.6 is 0 Å². The van der Waals surface area contributed by atoms with E-state index in [0.717, 1.165) is 57.8 Å². The second-order valence-electron chi connectivity index (χ2n) is 13.8. The molecule has 0 fully saturated rings. The lowest BCUT2D eigenvalue weighted by molar-refractivity contribution is -0.150. The highest BCUT2D eigenvalue weighted by atomic mass is 16.5. The number of carbonyl (C=O) groups is 2. The number of carboxylic acid groups (broad SMARTS) is 1. The van der Waals surface area contributed by atoms with Crippen LogP contribution in [0.2, 0.25) is 0 Å². The van der Waals surface area contributed by atoms with Crippen LogP contribution in [0, 0.1) is 0 Å². The van der Waals surface area contributed by atoms with Crippen molar-refractivity contribution in [2.45, 2.75) is 245 Å². The molecule has 1 N–H and O–H groups in total. The van der Waals surface area contributed by atoms with Gasteiger partial charge in [-0.1, -0.05) is 187 Å². The van der Waals surface area contributed by atoms with Crippen LogP contribution in [-0.4, -0.2) is 23.1 Å². The Hall–Kier alpha value is -1.06. The Labute approximate surface area is 275 Å². The van der Waals surface area contributed by atoms with Gasteiger partial charge in [0, 0.05) is 12.8 Å². The first kappa shape index (κ1) is 42.9. The predicted octanol–water partition coefficient (Wildman–Crippen LogP) is 13.7. The molecule has 4 nitrogen and oxygen atoms in total. The Morgan fingerprint density at radius 1 is 0.409 bits per heavy atom. The summed E-state index contributed by atoms with van der Waals surface area (Å²) >= 11 is 0. The van der Waals surface area contributed by atoms with Crippen molar-refractivity contribution in [2.75, 3.05) is 0 Å². The van der Waals surface area contributed by atoms with Crippen molar-refractivity contribution in [3.8, 4) is 0 Å². The summed E-state index contributed by atoms with van der Waals surface area (Å²) in [5, 5.41) is 8.83. The van der Waals surface area contributed by atoms with Crippen LogP contribution in [0.1, 0.15) is 239 Å². The van der Waals surface area contributed by atoms with E-state index in [2.05, 4.69) is 13.8 Å². The molecule has 1 atom stereocenters. The van der Waals surface area contributed by atoms with Crippen molar-refractivity contribution in [1.82, 2.24) is 0 Å². The zero-order chi connectivity index (χ0) is 32.2. The van der Waals surface area contributed by atoms with Gasteiger partial charge in [0.25, 0.3) is 0 Å². The maximum Gasteiger partial charge on any atom is 0.306 e. The van der Waals surface area contributed by atoms with Crippen molar-refractivity contribution in [1.29, 1.82) is 0 Å². The van der Waals surface area contributed by atoms with Gasteiger partial charge in [-0.15, -0.1) is 0 Å². The van der Waals surface area contributed by atoms with Gasteiger partial charge in [0.05, 0.1) is 0 Å². The summed E-state index contributed by atoms with van der Waals surface area (Å²) in [5.74, 6) is -0.714. The van der Waals surface area contributed by atoms with E-state index in [-0.39, 0.29) is 18.5 Å². The minimum Gasteiger partial charge on any atom is -0.481 e. The molecule has 0 amide bonds. The number of rotatable bonds is 37.